The first-order valence-corrected chi connectivity index (χ1v) is 8.71. The summed E-state index contributed by atoms with van der Waals surface area (Å²) in [5.74, 6) is -2.16. The number of aromatic nitrogens is 3. The predicted molar refractivity (Wildman–Crippen MR) is 103 cm³/mol. The van der Waals surface area contributed by atoms with Gasteiger partial charge in [0.05, 0.1) is 17.5 Å². The Morgan fingerprint density at radius 2 is 2.00 bits per heavy atom. The normalized spacial score (nSPS) is 11.2. The first kappa shape index (κ1) is 20.0. The van der Waals surface area contributed by atoms with Gasteiger partial charge in [-0.1, -0.05) is 12.1 Å². The average Bonchev–Trinajstić information content (AvgIpc) is 2.71. The molecule has 3 aromatic rings. The van der Waals surface area contributed by atoms with Crippen LogP contribution in [0.2, 0.25) is 0 Å². The molecule has 0 aliphatic carbocycles. The fourth-order valence-electron chi connectivity index (χ4n) is 2.41. The topological polar surface area (TPSA) is 89.4 Å². The van der Waals surface area contributed by atoms with Crippen LogP contribution in [0.15, 0.2) is 54.2 Å². The summed E-state index contributed by atoms with van der Waals surface area (Å²) in [6.45, 7) is 3.65. The molecular weight excluding hydrogens is 380 g/mol. The predicted octanol–water partition coefficient (Wildman–Crippen LogP) is 3.90. The zero-order valence-corrected chi connectivity index (χ0v) is 15.7. The van der Waals surface area contributed by atoms with Crippen molar-refractivity contribution in [2.24, 2.45) is 5.16 Å². The van der Waals surface area contributed by atoms with Gasteiger partial charge in [-0.3, -0.25) is 9.78 Å². The van der Waals surface area contributed by atoms with Gasteiger partial charge in [0.1, 0.15) is 11.6 Å². The van der Waals surface area contributed by atoms with E-state index < -0.39 is 17.5 Å². The Labute approximate surface area is 165 Å². The number of nitrogens with one attached hydrogen (secondary N) is 1. The number of nitrogens with zero attached hydrogens (tertiary/aromatic N) is 4. The smallest absolute Gasteiger partial charge is 0.284 e. The maximum atomic E-state index is 13.6. The van der Waals surface area contributed by atoms with Gasteiger partial charge in [0.25, 0.3) is 11.8 Å². The molecule has 0 saturated carbocycles. The van der Waals surface area contributed by atoms with E-state index in [1.54, 1.807) is 24.4 Å². The van der Waals surface area contributed by atoms with Gasteiger partial charge in [0.2, 0.25) is 0 Å². The molecule has 1 amide bonds. The molecule has 7 nitrogen and oxygen atoms in total. The second-order valence-corrected chi connectivity index (χ2v) is 6.00. The maximum absolute atomic E-state index is 13.6. The standard InChI is InChI=1S/C20H17F2N5O2/c1-3-17(27-29-20-16(22)8-14(21)10-25-20)13-4-5-18(24-9-13)26-19(28)15-11-23-7-6-12(15)2/h4-11H,3H2,1-2H3,(H,24,26,28)/b27-17+. The van der Waals surface area contributed by atoms with Crippen molar-refractivity contribution in [3.8, 4) is 5.88 Å². The van der Waals surface area contributed by atoms with Gasteiger partial charge in [-0.05, 0) is 37.1 Å². The summed E-state index contributed by atoms with van der Waals surface area (Å²) in [4.78, 5) is 29.0. The minimum atomic E-state index is -0.953. The first-order chi connectivity index (χ1) is 14.0. The van der Waals surface area contributed by atoms with Crippen LogP contribution in [-0.4, -0.2) is 26.6 Å². The highest BCUT2D eigenvalue weighted by Gasteiger charge is 2.11. The number of amides is 1. The molecule has 3 heterocycles. The number of pyridine rings is 3. The Kier molecular flexibility index (Phi) is 6.18. The summed E-state index contributed by atoms with van der Waals surface area (Å²) < 4.78 is 26.5. The molecule has 0 fully saturated rings. The van der Waals surface area contributed by atoms with Gasteiger partial charge in [0.15, 0.2) is 5.82 Å². The van der Waals surface area contributed by atoms with Gasteiger partial charge in [0, 0.05) is 30.2 Å². The molecule has 0 aliphatic heterocycles. The zero-order chi connectivity index (χ0) is 20.8. The van der Waals surface area contributed by atoms with Crippen LogP contribution in [0.1, 0.15) is 34.8 Å². The van der Waals surface area contributed by atoms with Crippen LogP contribution in [-0.2, 0) is 0 Å². The maximum Gasteiger partial charge on any atom is 0.284 e. The van der Waals surface area contributed by atoms with Gasteiger partial charge >= 0.3 is 0 Å². The highest BCUT2D eigenvalue weighted by atomic mass is 19.1. The van der Waals surface area contributed by atoms with Crippen LogP contribution in [0.3, 0.4) is 0 Å². The Hall–Kier alpha value is -3.75. The first-order valence-electron chi connectivity index (χ1n) is 8.71. The monoisotopic (exact) mass is 397 g/mol. The minimum absolute atomic E-state index is 0.318. The fraction of sp³-hybridized carbons (Fsp3) is 0.150. The fourth-order valence-corrected chi connectivity index (χ4v) is 2.41. The van der Waals surface area contributed by atoms with Crippen molar-refractivity contribution in [2.75, 3.05) is 5.32 Å². The van der Waals surface area contributed by atoms with E-state index in [4.69, 9.17) is 4.84 Å². The van der Waals surface area contributed by atoms with Gasteiger partial charge in [-0.25, -0.2) is 18.7 Å². The third-order valence-corrected chi connectivity index (χ3v) is 3.97. The van der Waals surface area contributed by atoms with E-state index in [9.17, 15) is 13.6 Å². The summed E-state index contributed by atoms with van der Waals surface area (Å²) in [6, 6.07) is 5.71. The molecule has 0 saturated heterocycles. The molecule has 0 atom stereocenters. The Morgan fingerprint density at radius 3 is 2.66 bits per heavy atom. The van der Waals surface area contributed by atoms with Crippen LogP contribution in [0, 0.1) is 18.6 Å². The molecule has 0 unspecified atom stereocenters. The van der Waals surface area contributed by atoms with Crippen molar-refractivity contribution < 1.29 is 18.4 Å². The summed E-state index contributed by atoms with van der Waals surface area (Å²) in [7, 11) is 0. The van der Waals surface area contributed by atoms with E-state index in [2.05, 4.69) is 25.4 Å². The molecule has 0 aliphatic rings. The average molecular weight is 397 g/mol. The Morgan fingerprint density at radius 1 is 1.17 bits per heavy atom. The molecule has 0 aromatic carbocycles. The van der Waals surface area contributed by atoms with Gasteiger partial charge in [-0.15, -0.1) is 0 Å². The lowest BCUT2D eigenvalue weighted by Crippen LogP contribution is -2.15. The Bertz CT molecular complexity index is 1050. The van der Waals surface area contributed by atoms with Crippen LogP contribution in [0.25, 0.3) is 0 Å². The molecule has 29 heavy (non-hydrogen) atoms. The summed E-state index contributed by atoms with van der Waals surface area (Å²) in [6.07, 6.45) is 5.90. The van der Waals surface area contributed by atoms with E-state index in [1.165, 1.54) is 12.4 Å². The summed E-state index contributed by atoms with van der Waals surface area (Å²) >= 11 is 0. The van der Waals surface area contributed by atoms with Crippen LogP contribution >= 0.6 is 0 Å². The lowest BCUT2D eigenvalue weighted by molar-refractivity contribution is 0.102. The molecule has 1 N–H and O–H groups in total. The van der Waals surface area contributed by atoms with Crippen LogP contribution in [0.4, 0.5) is 14.6 Å². The van der Waals surface area contributed by atoms with E-state index in [0.29, 0.717) is 35.1 Å². The number of oxime groups is 1. The molecule has 0 bridgehead atoms. The van der Waals surface area contributed by atoms with Crippen molar-refractivity contribution in [2.45, 2.75) is 20.3 Å². The third kappa shape index (κ3) is 4.95. The van der Waals surface area contributed by atoms with Gasteiger partial charge < -0.3 is 10.2 Å². The van der Waals surface area contributed by atoms with Crippen molar-refractivity contribution in [3.05, 3.63) is 77.4 Å². The highest BCUT2D eigenvalue weighted by Crippen LogP contribution is 2.16. The molecule has 0 radical (unpaired) electrons. The number of aryl methyl sites for hydroxylation is 1. The van der Waals surface area contributed by atoms with E-state index in [0.717, 1.165) is 11.8 Å². The molecule has 3 rings (SSSR count). The SMILES string of the molecule is CC/C(=N\Oc1ncc(F)cc1F)c1ccc(NC(=O)c2cnccc2C)nc1. The lowest BCUT2D eigenvalue weighted by Gasteiger charge is -2.08. The van der Waals surface area contributed by atoms with Crippen molar-refractivity contribution in [3.63, 3.8) is 0 Å². The largest absolute Gasteiger partial charge is 0.333 e. The number of carbonyl (C=O) groups is 1. The quantitative estimate of drug-likeness (QED) is 0.503. The molecule has 3 aromatic heterocycles. The van der Waals surface area contributed by atoms with Crippen LogP contribution < -0.4 is 10.2 Å². The number of hydrogen-bond donors (Lipinski definition) is 1. The highest BCUT2D eigenvalue weighted by molar-refractivity contribution is 6.05. The number of halogens is 2. The zero-order valence-electron chi connectivity index (χ0n) is 15.7. The molecule has 148 valence electrons. The van der Waals surface area contributed by atoms with Crippen LogP contribution in [0.5, 0.6) is 5.88 Å². The second-order valence-electron chi connectivity index (χ2n) is 6.00. The lowest BCUT2D eigenvalue weighted by atomic mass is 10.1. The second kappa shape index (κ2) is 8.96. The van der Waals surface area contributed by atoms with Crippen molar-refractivity contribution >= 4 is 17.4 Å². The molecule has 0 spiro atoms. The minimum Gasteiger partial charge on any atom is -0.333 e. The van der Waals surface area contributed by atoms with Gasteiger partial charge in [-0.2, -0.15) is 0 Å². The summed E-state index contributed by atoms with van der Waals surface area (Å²) in [5, 5.41) is 6.58. The number of carbonyl (C=O) groups excluding carboxylic acids is 1. The number of hydrogen-bond acceptors (Lipinski definition) is 6. The third-order valence-electron chi connectivity index (χ3n) is 3.97. The van der Waals surface area contributed by atoms with Crippen molar-refractivity contribution in [1.29, 1.82) is 0 Å². The Balaban J connectivity index is 1.72. The molecule has 9 heteroatoms. The van der Waals surface area contributed by atoms with E-state index in [1.807, 2.05) is 13.8 Å². The molecular formula is C20H17F2N5O2. The van der Waals surface area contributed by atoms with Crippen molar-refractivity contribution in [1.82, 2.24) is 15.0 Å². The number of rotatable bonds is 6. The number of anilines is 1. The van der Waals surface area contributed by atoms with E-state index >= 15 is 0 Å². The summed E-state index contributed by atoms with van der Waals surface area (Å²) in [5.41, 5.74) is 2.35. The van der Waals surface area contributed by atoms with E-state index in [-0.39, 0.29) is 5.91 Å².